The van der Waals surface area contributed by atoms with Crippen molar-refractivity contribution in [2.24, 2.45) is 5.92 Å². The van der Waals surface area contributed by atoms with Gasteiger partial charge in [0, 0.05) is 13.7 Å². The van der Waals surface area contributed by atoms with Gasteiger partial charge in [-0.05, 0) is 30.0 Å². The molecule has 1 N–H and O–H groups in total. The van der Waals surface area contributed by atoms with Gasteiger partial charge in [0.2, 0.25) is 12.5 Å². The minimum Gasteiger partial charge on any atom is -0.493 e. The van der Waals surface area contributed by atoms with Crippen LogP contribution in [0, 0.1) is 5.92 Å². The molecule has 1 heterocycles. The van der Waals surface area contributed by atoms with Gasteiger partial charge in [0.15, 0.2) is 11.5 Å². The molecule has 19 heavy (non-hydrogen) atoms. The van der Waals surface area contributed by atoms with Gasteiger partial charge in [-0.3, -0.25) is 0 Å². The number of aliphatic hydroxyl groups excluding tert-OH is 1. The molecule has 2 atom stereocenters. The van der Waals surface area contributed by atoms with Crippen molar-refractivity contribution < 1.29 is 24.1 Å². The van der Waals surface area contributed by atoms with Gasteiger partial charge in [-0.1, -0.05) is 6.92 Å². The Labute approximate surface area is 113 Å². The van der Waals surface area contributed by atoms with Crippen molar-refractivity contribution in [2.75, 3.05) is 27.6 Å². The van der Waals surface area contributed by atoms with Gasteiger partial charge in [-0.25, -0.2) is 0 Å². The van der Waals surface area contributed by atoms with Gasteiger partial charge in [-0.15, -0.1) is 0 Å². The van der Waals surface area contributed by atoms with E-state index in [0.717, 1.165) is 12.0 Å². The van der Waals surface area contributed by atoms with Crippen LogP contribution in [0.1, 0.15) is 25.0 Å². The zero-order valence-corrected chi connectivity index (χ0v) is 11.5. The molecule has 1 aliphatic heterocycles. The molecule has 0 spiro atoms. The quantitative estimate of drug-likeness (QED) is 0.856. The van der Waals surface area contributed by atoms with Crippen LogP contribution in [0.3, 0.4) is 0 Å². The van der Waals surface area contributed by atoms with Crippen LogP contribution in [0.15, 0.2) is 12.1 Å². The Morgan fingerprint density at radius 1 is 1.32 bits per heavy atom. The summed E-state index contributed by atoms with van der Waals surface area (Å²) in [5, 5.41) is 10.4. The summed E-state index contributed by atoms with van der Waals surface area (Å²) >= 11 is 0. The van der Waals surface area contributed by atoms with E-state index in [1.165, 1.54) is 0 Å². The highest BCUT2D eigenvalue weighted by Gasteiger charge is 2.24. The Balaban J connectivity index is 2.20. The summed E-state index contributed by atoms with van der Waals surface area (Å²) in [4.78, 5) is 0. The minimum absolute atomic E-state index is 0.0880. The highest BCUT2D eigenvalue weighted by Crippen LogP contribution is 2.43. The van der Waals surface area contributed by atoms with Crippen LogP contribution in [0.2, 0.25) is 0 Å². The van der Waals surface area contributed by atoms with Crippen LogP contribution < -0.4 is 14.2 Å². The maximum atomic E-state index is 10.4. The number of benzene rings is 1. The van der Waals surface area contributed by atoms with E-state index in [-0.39, 0.29) is 12.7 Å². The Morgan fingerprint density at radius 3 is 2.79 bits per heavy atom. The fourth-order valence-corrected chi connectivity index (χ4v) is 2.11. The molecule has 2 rings (SSSR count). The van der Waals surface area contributed by atoms with Crippen LogP contribution >= 0.6 is 0 Å². The summed E-state index contributed by atoms with van der Waals surface area (Å²) in [5.41, 5.74) is 0.768. The highest BCUT2D eigenvalue weighted by atomic mass is 16.7. The lowest BCUT2D eigenvalue weighted by Gasteiger charge is -2.20. The van der Waals surface area contributed by atoms with Crippen LogP contribution in [0.5, 0.6) is 17.2 Å². The van der Waals surface area contributed by atoms with Gasteiger partial charge in [0.05, 0.1) is 13.2 Å². The first-order valence-corrected chi connectivity index (χ1v) is 6.32. The summed E-state index contributed by atoms with van der Waals surface area (Å²) in [6.07, 6.45) is 0.201. The fourth-order valence-electron chi connectivity index (χ4n) is 2.11. The lowest BCUT2D eigenvalue weighted by molar-refractivity contribution is 0.0883. The Bertz CT molecular complexity index is 432. The summed E-state index contributed by atoms with van der Waals surface area (Å²) < 4.78 is 21.0. The van der Waals surface area contributed by atoms with E-state index in [9.17, 15) is 5.11 Å². The van der Waals surface area contributed by atoms with Crippen molar-refractivity contribution in [2.45, 2.75) is 19.4 Å². The summed E-state index contributed by atoms with van der Waals surface area (Å²) in [7, 11) is 3.23. The van der Waals surface area contributed by atoms with Crippen molar-refractivity contribution in [1.82, 2.24) is 0 Å². The number of hydrogen-bond acceptors (Lipinski definition) is 5. The number of methoxy groups -OCH3 is 2. The zero-order valence-electron chi connectivity index (χ0n) is 11.5. The predicted octanol–water partition coefficient (Wildman–Crippen LogP) is 2.13. The molecule has 0 saturated heterocycles. The number of fused-ring (bicyclic) bond motifs is 1. The molecule has 0 aliphatic carbocycles. The SMILES string of the molecule is COCCC(C)C(O)c1cc(OC)c2c(c1)OCO2. The third-order valence-electron chi connectivity index (χ3n) is 3.34. The van der Waals surface area contributed by atoms with Gasteiger partial charge in [0.25, 0.3) is 0 Å². The normalized spacial score (nSPS) is 16.2. The first kappa shape index (κ1) is 14.0. The van der Waals surface area contributed by atoms with E-state index in [1.54, 1.807) is 26.4 Å². The van der Waals surface area contributed by atoms with Crippen molar-refractivity contribution in [1.29, 1.82) is 0 Å². The lowest BCUT2D eigenvalue weighted by atomic mass is 9.94. The molecular weight excluding hydrogens is 248 g/mol. The maximum Gasteiger partial charge on any atom is 0.231 e. The molecule has 1 aliphatic rings. The van der Waals surface area contributed by atoms with Gasteiger partial charge in [-0.2, -0.15) is 0 Å². The van der Waals surface area contributed by atoms with Crippen molar-refractivity contribution in [3.63, 3.8) is 0 Å². The molecule has 1 aromatic carbocycles. The number of ether oxygens (including phenoxy) is 4. The first-order chi connectivity index (χ1) is 9.17. The van der Waals surface area contributed by atoms with E-state index in [0.29, 0.717) is 23.9 Å². The molecule has 0 radical (unpaired) electrons. The third kappa shape index (κ3) is 2.93. The second-order valence-electron chi connectivity index (χ2n) is 4.66. The third-order valence-corrected chi connectivity index (χ3v) is 3.34. The summed E-state index contributed by atoms with van der Waals surface area (Å²) in [6.45, 7) is 2.80. The molecule has 0 bridgehead atoms. The summed E-state index contributed by atoms with van der Waals surface area (Å²) in [5.74, 6) is 1.89. The second-order valence-corrected chi connectivity index (χ2v) is 4.66. The molecule has 106 valence electrons. The monoisotopic (exact) mass is 268 g/mol. The number of aliphatic hydroxyl groups is 1. The lowest BCUT2D eigenvalue weighted by Crippen LogP contribution is -2.11. The number of rotatable bonds is 6. The smallest absolute Gasteiger partial charge is 0.231 e. The van der Waals surface area contributed by atoms with Gasteiger partial charge < -0.3 is 24.1 Å². The summed E-state index contributed by atoms with van der Waals surface area (Å²) in [6, 6.07) is 3.60. The van der Waals surface area contributed by atoms with Crippen LogP contribution in [-0.2, 0) is 4.74 Å². The van der Waals surface area contributed by atoms with Crippen molar-refractivity contribution in [3.05, 3.63) is 17.7 Å². The largest absolute Gasteiger partial charge is 0.493 e. The molecule has 0 fully saturated rings. The molecule has 5 heteroatoms. The second kappa shape index (κ2) is 6.12. The molecule has 1 aromatic rings. The zero-order chi connectivity index (χ0) is 13.8. The molecule has 0 aromatic heterocycles. The molecule has 5 nitrogen and oxygen atoms in total. The fraction of sp³-hybridized carbons (Fsp3) is 0.571. The number of hydrogen-bond donors (Lipinski definition) is 1. The van der Waals surface area contributed by atoms with Crippen LogP contribution in [-0.4, -0.2) is 32.7 Å². The minimum atomic E-state index is -0.585. The van der Waals surface area contributed by atoms with Gasteiger partial charge >= 0.3 is 0 Å². The standard InChI is InChI=1S/C14H20O5/c1-9(4-5-16-2)13(15)10-6-11(17-3)14-12(7-10)18-8-19-14/h6-7,9,13,15H,4-5,8H2,1-3H3. The topological polar surface area (TPSA) is 57.2 Å². The Kier molecular flexibility index (Phi) is 4.50. The maximum absolute atomic E-state index is 10.4. The van der Waals surface area contributed by atoms with Crippen LogP contribution in [0.4, 0.5) is 0 Å². The van der Waals surface area contributed by atoms with Crippen molar-refractivity contribution >= 4 is 0 Å². The average molecular weight is 268 g/mol. The Hall–Kier alpha value is -1.46. The molecular formula is C14H20O5. The Morgan fingerprint density at radius 2 is 2.11 bits per heavy atom. The molecule has 0 amide bonds. The average Bonchev–Trinajstić information content (AvgIpc) is 2.90. The van der Waals surface area contributed by atoms with Crippen LogP contribution in [0.25, 0.3) is 0 Å². The molecule has 0 saturated carbocycles. The predicted molar refractivity (Wildman–Crippen MR) is 69.7 cm³/mol. The van der Waals surface area contributed by atoms with E-state index in [2.05, 4.69) is 0 Å². The first-order valence-electron chi connectivity index (χ1n) is 6.32. The highest BCUT2D eigenvalue weighted by molar-refractivity contribution is 5.55. The van der Waals surface area contributed by atoms with Crippen molar-refractivity contribution in [3.8, 4) is 17.2 Å². The van der Waals surface area contributed by atoms with E-state index < -0.39 is 6.10 Å². The van der Waals surface area contributed by atoms with E-state index >= 15 is 0 Å². The molecule has 2 unspecified atom stereocenters. The van der Waals surface area contributed by atoms with E-state index in [4.69, 9.17) is 18.9 Å². The van der Waals surface area contributed by atoms with E-state index in [1.807, 2.05) is 6.92 Å². The van der Waals surface area contributed by atoms with Gasteiger partial charge in [0.1, 0.15) is 0 Å².